The summed E-state index contributed by atoms with van der Waals surface area (Å²) in [5, 5.41) is 0. The van der Waals surface area contributed by atoms with Gasteiger partial charge in [-0.2, -0.15) is 0 Å². The van der Waals surface area contributed by atoms with Gasteiger partial charge in [0, 0.05) is 32.8 Å². The van der Waals surface area contributed by atoms with Crippen LogP contribution in [0.15, 0.2) is 24.3 Å². The molecule has 0 saturated carbocycles. The third kappa shape index (κ3) is 6.46. The Morgan fingerprint density at radius 3 is 2.19 bits per heavy atom. The van der Waals surface area contributed by atoms with Crippen molar-refractivity contribution in [3.8, 4) is 5.75 Å². The van der Waals surface area contributed by atoms with Crippen LogP contribution in [0.3, 0.4) is 0 Å². The van der Waals surface area contributed by atoms with Crippen molar-refractivity contribution in [1.82, 2.24) is 4.90 Å². The number of methoxy groups -OCH3 is 1. The summed E-state index contributed by atoms with van der Waals surface area (Å²) in [5.74, 6) is 0.906. The second-order valence-corrected chi connectivity index (χ2v) is 5.20. The van der Waals surface area contributed by atoms with Crippen LogP contribution in [0.25, 0.3) is 0 Å². The molecule has 0 aromatic heterocycles. The quantitative estimate of drug-likeness (QED) is 0.681. The van der Waals surface area contributed by atoms with E-state index in [0.29, 0.717) is 19.2 Å². The second-order valence-electron chi connectivity index (χ2n) is 5.20. The molecule has 0 radical (unpaired) electrons. The summed E-state index contributed by atoms with van der Waals surface area (Å²) in [6, 6.07) is 8.60. The van der Waals surface area contributed by atoms with Gasteiger partial charge >= 0.3 is 0 Å². The number of nitrogens with two attached hydrogens (primary N) is 1. The van der Waals surface area contributed by atoms with Gasteiger partial charge in [-0.3, -0.25) is 4.90 Å². The Hall–Kier alpha value is -1.10. The number of benzene rings is 1. The van der Waals surface area contributed by atoms with Gasteiger partial charge in [-0.05, 0) is 30.5 Å². The zero-order chi connectivity index (χ0) is 15.5. The summed E-state index contributed by atoms with van der Waals surface area (Å²) < 4.78 is 11.0. The Labute approximate surface area is 129 Å². The Balaban J connectivity index is 2.43. The van der Waals surface area contributed by atoms with Gasteiger partial charge in [-0.15, -0.1) is 0 Å². The lowest BCUT2D eigenvalue weighted by molar-refractivity contribution is 0.101. The number of hydrogen-bond acceptors (Lipinski definition) is 4. The van der Waals surface area contributed by atoms with Crippen molar-refractivity contribution in [3.05, 3.63) is 29.8 Å². The number of rotatable bonds is 11. The molecule has 0 heterocycles. The molecule has 120 valence electrons. The predicted molar refractivity (Wildman–Crippen MR) is 87.6 cm³/mol. The van der Waals surface area contributed by atoms with Crippen molar-refractivity contribution in [2.45, 2.75) is 39.3 Å². The first kappa shape index (κ1) is 18.0. The van der Waals surface area contributed by atoms with E-state index in [1.807, 2.05) is 24.3 Å². The van der Waals surface area contributed by atoms with Crippen LogP contribution in [-0.2, 0) is 11.3 Å². The molecule has 1 rings (SSSR count). The molecule has 2 N–H and O–H groups in total. The average Bonchev–Trinajstić information content (AvgIpc) is 2.53. The lowest BCUT2D eigenvalue weighted by Crippen LogP contribution is -2.39. The summed E-state index contributed by atoms with van der Waals surface area (Å²) in [7, 11) is 1.75. The molecule has 21 heavy (non-hydrogen) atoms. The van der Waals surface area contributed by atoms with E-state index in [1.54, 1.807) is 7.11 Å². The van der Waals surface area contributed by atoms with Gasteiger partial charge in [-0.1, -0.05) is 26.0 Å². The predicted octanol–water partition coefficient (Wildman–Crippen LogP) is 2.66. The zero-order valence-electron chi connectivity index (χ0n) is 13.7. The molecule has 0 atom stereocenters. The highest BCUT2D eigenvalue weighted by molar-refractivity contribution is 5.27. The van der Waals surface area contributed by atoms with Crippen LogP contribution in [0.1, 0.15) is 32.3 Å². The molecule has 4 nitrogen and oxygen atoms in total. The first-order chi connectivity index (χ1) is 10.2. The fraction of sp³-hybridized carbons (Fsp3) is 0.647. The summed E-state index contributed by atoms with van der Waals surface area (Å²) in [6.45, 7) is 8.39. The summed E-state index contributed by atoms with van der Waals surface area (Å²) >= 11 is 0. The third-order valence-corrected chi connectivity index (χ3v) is 3.85. The highest BCUT2D eigenvalue weighted by Crippen LogP contribution is 2.13. The lowest BCUT2D eigenvalue weighted by atomic mass is 10.1. The molecule has 0 unspecified atom stereocenters. The van der Waals surface area contributed by atoms with Gasteiger partial charge in [0.1, 0.15) is 12.4 Å². The van der Waals surface area contributed by atoms with E-state index < -0.39 is 0 Å². The number of hydrogen-bond donors (Lipinski definition) is 1. The summed E-state index contributed by atoms with van der Waals surface area (Å²) in [5.41, 5.74) is 6.72. The van der Waals surface area contributed by atoms with Gasteiger partial charge in [0.25, 0.3) is 0 Å². The SMILES string of the molecule is CCC(CC)N(CCOC)CCOc1ccc(CN)cc1. The molecule has 0 aliphatic rings. The van der Waals surface area contributed by atoms with E-state index in [9.17, 15) is 0 Å². The van der Waals surface area contributed by atoms with E-state index in [1.165, 1.54) is 0 Å². The Kier molecular flexibility index (Phi) is 9.06. The van der Waals surface area contributed by atoms with Crippen LogP contribution in [0.2, 0.25) is 0 Å². The van der Waals surface area contributed by atoms with Gasteiger partial charge in [0.15, 0.2) is 0 Å². The second kappa shape index (κ2) is 10.6. The van der Waals surface area contributed by atoms with E-state index in [4.69, 9.17) is 15.2 Å². The van der Waals surface area contributed by atoms with Gasteiger partial charge < -0.3 is 15.2 Å². The number of nitrogens with zero attached hydrogens (tertiary/aromatic N) is 1. The highest BCUT2D eigenvalue weighted by Gasteiger charge is 2.14. The van der Waals surface area contributed by atoms with Crippen molar-refractivity contribution in [1.29, 1.82) is 0 Å². The van der Waals surface area contributed by atoms with Crippen molar-refractivity contribution in [2.75, 3.05) is 33.4 Å². The molecule has 0 aliphatic heterocycles. The third-order valence-electron chi connectivity index (χ3n) is 3.85. The van der Waals surface area contributed by atoms with Gasteiger partial charge in [0.2, 0.25) is 0 Å². The minimum Gasteiger partial charge on any atom is -0.492 e. The van der Waals surface area contributed by atoms with Crippen molar-refractivity contribution >= 4 is 0 Å². The monoisotopic (exact) mass is 294 g/mol. The minimum absolute atomic E-state index is 0.569. The highest BCUT2D eigenvalue weighted by atomic mass is 16.5. The Morgan fingerprint density at radius 2 is 1.67 bits per heavy atom. The molecule has 0 bridgehead atoms. The molecule has 0 saturated heterocycles. The van der Waals surface area contributed by atoms with Crippen LogP contribution in [0, 0.1) is 0 Å². The minimum atomic E-state index is 0.569. The lowest BCUT2D eigenvalue weighted by Gasteiger charge is -2.30. The molecular formula is C17H30N2O2. The van der Waals surface area contributed by atoms with Crippen LogP contribution >= 0.6 is 0 Å². The van der Waals surface area contributed by atoms with Gasteiger partial charge in [0.05, 0.1) is 6.61 Å². The van der Waals surface area contributed by atoms with Crippen LogP contribution in [0.5, 0.6) is 5.75 Å². The maximum atomic E-state index is 5.83. The Bertz CT molecular complexity index is 364. The van der Waals surface area contributed by atoms with Crippen molar-refractivity contribution < 1.29 is 9.47 Å². The summed E-state index contributed by atoms with van der Waals surface area (Å²) in [4.78, 5) is 2.46. The first-order valence-corrected chi connectivity index (χ1v) is 7.89. The molecule has 0 amide bonds. The molecule has 0 fully saturated rings. The van der Waals surface area contributed by atoms with E-state index in [0.717, 1.165) is 43.9 Å². The van der Waals surface area contributed by atoms with Crippen LogP contribution in [-0.4, -0.2) is 44.4 Å². The largest absolute Gasteiger partial charge is 0.492 e. The molecular weight excluding hydrogens is 264 g/mol. The maximum Gasteiger partial charge on any atom is 0.119 e. The fourth-order valence-electron chi connectivity index (χ4n) is 2.49. The topological polar surface area (TPSA) is 47.7 Å². The standard InChI is InChI=1S/C17H30N2O2/c1-4-16(5-2)19(10-12-20-3)11-13-21-17-8-6-15(14-18)7-9-17/h6-9,16H,4-5,10-14,18H2,1-3H3. The molecule has 0 aliphatic carbocycles. The van der Waals surface area contributed by atoms with Gasteiger partial charge in [-0.25, -0.2) is 0 Å². The summed E-state index contributed by atoms with van der Waals surface area (Å²) in [6.07, 6.45) is 2.32. The van der Waals surface area contributed by atoms with Crippen molar-refractivity contribution in [3.63, 3.8) is 0 Å². The average molecular weight is 294 g/mol. The molecule has 0 spiro atoms. The number of ether oxygens (including phenoxy) is 2. The van der Waals surface area contributed by atoms with Crippen LogP contribution < -0.4 is 10.5 Å². The molecule has 1 aromatic rings. The Morgan fingerprint density at radius 1 is 1.05 bits per heavy atom. The smallest absolute Gasteiger partial charge is 0.119 e. The van der Waals surface area contributed by atoms with E-state index in [-0.39, 0.29) is 0 Å². The normalized spacial score (nSPS) is 11.3. The zero-order valence-corrected chi connectivity index (χ0v) is 13.7. The molecule has 1 aromatic carbocycles. The van der Waals surface area contributed by atoms with Crippen molar-refractivity contribution in [2.24, 2.45) is 5.73 Å². The van der Waals surface area contributed by atoms with E-state index in [2.05, 4.69) is 18.7 Å². The van der Waals surface area contributed by atoms with E-state index >= 15 is 0 Å². The fourth-order valence-corrected chi connectivity index (χ4v) is 2.49. The maximum absolute atomic E-state index is 5.83. The van der Waals surface area contributed by atoms with Crippen LogP contribution in [0.4, 0.5) is 0 Å². The molecule has 4 heteroatoms. The first-order valence-electron chi connectivity index (χ1n) is 7.89.